The Morgan fingerprint density at radius 1 is 1.00 bits per heavy atom. The van der Waals surface area contributed by atoms with Crippen molar-refractivity contribution in [3.05, 3.63) is 30.3 Å². The fourth-order valence-corrected chi connectivity index (χ4v) is 2.99. The quantitative estimate of drug-likeness (QED) is 0.669. The van der Waals surface area contributed by atoms with Crippen LogP contribution in [-0.4, -0.2) is 22.2 Å². The minimum atomic E-state index is -0.724. The van der Waals surface area contributed by atoms with Gasteiger partial charge >= 0.3 is 0 Å². The van der Waals surface area contributed by atoms with Gasteiger partial charge in [0.1, 0.15) is 0 Å². The van der Waals surface area contributed by atoms with Crippen LogP contribution in [0.25, 0.3) is 0 Å². The van der Waals surface area contributed by atoms with Gasteiger partial charge in [-0.15, -0.1) is 0 Å². The minimum absolute atomic E-state index is 0.724. The third-order valence-corrected chi connectivity index (χ3v) is 4.09. The monoisotopic (exact) mass is 193 g/mol. The highest BCUT2D eigenvalue weighted by Gasteiger charge is 2.11. The van der Waals surface area contributed by atoms with E-state index in [4.69, 9.17) is 0 Å². The van der Waals surface area contributed by atoms with E-state index in [1.807, 2.05) is 0 Å². The summed E-state index contributed by atoms with van der Waals surface area (Å²) in [7, 11) is -0.724. The molecule has 1 rings (SSSR count). The molecule has 0 saturated carbocycles. The van der Waals surface area contributed by atoms with Crippen LogP contribution in [0, 0.1) is 0 Å². The maximum atomic E-state index is 3.49. The van der Waals surface area contributed by atoms with Crippen LogP contribution in [-0.2, 0) is 0 Å². The van der Waals surface area contributed by atoms with Gasteiger partial charge in [-0.2, -0.15) is 0 Å². The van der Waals surface area contributed by atoms with Crippen molar-refractivity contribution in [3.63, 3.8) is 0 Å². The van der Waals surface area contributed by atoms with Gasteiger partial charge in [-0.25, -0.2) is 0 Å². The summed E-state index contributed by atoms with van der Waals surface area (Å²) in [5.41, 5.74) is 0. The van der Waals surface area contributed by atoms with Crippen LogP contribution >= 0.6 is 0 Å². The molecular weight excluding hydrogens is 176 g/mol. The lowest BCUT2D eigenvalue weighted by Gasteiger charge is -2.15. The highest BCUT2D eigenvalue weighted by Crippen LogP contribution is 1.83. The molecule has 0 unspecified atom stereocenters. The van der Waals surface area contributed by atoms with E-state index >= 15 is 0 Å². The van der Waals surface area contributed by atoms with E-state index in [1.54, 1.807) is 0 Å². The van der Waals surface area contributed by atoms with Crippen LogP contribution in [0.3, 0.4) is 0 Å². The van der Waals surface area contributed by atoms with Crippen LogP contribution < -0.4 is 15.2 Å². The Bertz CT molecular complexity index is 220. The third-order valence-electron chi connectivity index (χ3n) is 1.77. The van der Waals surface area contributed by atoms with E-state index in [2.05, 4.69) is 54.1 Å². The van der Waals surface area contributed by atoms with Gasteiger partial charge in [-0.1, -0.05) is 44.2 Å². The molecule has 71 valence electrons. The van der Waals surface area contributed by atoms with Gasteiger partial charge in [-0.3, -0.25) is 0 Å². The van der Waals surface area contributed by atoms with E-state index < -0.39 is 9.12 Å². The number of hydrogen-bond acceptors (Lipinski definition) is 2. The molecule has 2 N–H and O–H groups in total. The lowest BCUT2D eigenvalue weighted by molar-refractivity contribution is 0.906. The minimum Gasteiger partial charge on any atom is -0.322 e. The molecule has 1 aromatic carbocycles. The molecule has 0 amide bonds. The smallest absolute Gasteiger partial charge is 0.261 e. The Morgan fingerprint density at radius 3 is 2.00 bits per heavy atom. The Hall–Kier alpha value is -0.643. The highest BCUT2D eigenvalue weighted by atomic mass is 28.3. The second-order valence-corrected chi connectivity index (χ2v) is 4.84. The fraction of sp³-hybridized carbons (Fsp3) is 0.400. The van der Waals surface area contributed by atoms with E-state index in [0.29, 0.717) is 0 Å². The van der Waals surface area contributed by atoms with Crippen LogP contribution in [0.5, 0.6) is 0 Å². The molecule has 0 spiro atoms. The summed E-state index contributed by atoms with van der Waals surface area (Å²) in [6.07, 6.45) is 0. The number of benzene rings is 1. The van der Waals surface area contributed by atoms with E-state index in [0.717, 1.165) is 13.1 Å². The van der Waals surface area contributed by atoms with Crippen molar-refractivity contribution in [2.75, 3.05) is 13.1 Å². The molecule has 0 aliphatic carbocycles. The fourth-order valence-electron chi connectivity index (χ4n) is 1.22. The molecule has 1 radical (unpaired) electrons. The lowest BCUT2D eigenvalue weighted by Crippen LogP contribution is -2.55. The third kappa shape index (κ3) is 3.30. The molecule has 3 heteroatoms. The van der Waals surface area contributed by atoms with Gasteiger partial charge in [0.2, 0.25) is 0 Å². The van der Waals surface area contributed by atoms with Crippen molar-refractivity contribution in [3.8, 4) is 0 Å². The first kappa shape index (κ1) is 10.4. The van der Waals surface area contributed by atoms with Crippen LogP contribution in [0.2, 0.25) is 0 Å². The van der Waals surface area contributed by atoms with Gasteiger partial charge in [0.25, 0.3) is 9.12 Å². The van der Waals surface area contributed by atoms with Crippen molar-refractivity contribution >= 4 is 14.3 Å². The molecule has 0 heterocycles. The van der Waals surface area contributed by atoms with Crippen molar-refractivity contribution in [2.24, 2.45) is 0 Å². The summed E-state index contributed by atoms with van der Waals surface area (Å²) in [5, 5.41) is 1.40. The predicted molar refractivity (Wildman–Crippen MR) is 59.2 cm³/mol. The molecule has 13 heavy (non-hydrogen) atoms. The maximum Gasteiger partial charge on any atom is 0.261 e. The zero-order valence-corrected chi connectivity index (χ0v) is 9.30. The average molecular weight is 193 g/mol. The summed E-state index contributed by atoms with van der Waals surface area (Å²) in [6, 6.07) is 10.6. The van der Waals surface area contributed by atoms with E-state index in [1.165, 1.54) is 5.19 Å². The van der Waals surface area contributed by atoms with Crippen molar-refractivity contribution < 1.29 is 0 Å². The van der Waals surface area contributed by atoms with Crippen LogP contribution in [0.4, 0.5) is 0 Å². The Kier molecular flexibility index (Phi) is 4.75. The van der Waals surface area contributed by atoms with E-state index in [9.17, 15) is 0 Å². The normalized spacial score (nSPS) is 10.7. The predicted octanol–water partition coefficient (Wildman–Crippen LogP) is 0.601. The molecule has 2 nitrogen and oxygen atoms in total. The molecular formula is C10H17N2Si. The summed E-state index contributed by atoms with van der Waals surface area (Å²) >= 11 is 0. The maximum absolute atomic E-state index is 3.49. The zero-order chi connectivity index (χ0) is 9.52. The Morgan fingerprint density at radius 2 is 1.54 bits per heavy atom. The van der Waals surface area contributed by atoms with Gasteiger partial charge < -0.3 is 9.96 Å². The number of rotatable bonds is 5. The molecule has 0 atom stereocenters. The second kappa shape index (κ2) is 5.91. The number of nitrogens with one attached hydrogen (secondary N) is 2. The van der Waals surface area contributed by atoms with Crippen LogP contribution in [0.15, 0.2) is 30.3 Å². The molecule has 1 aromatic rings. The number of hydrogen-bond donors (Lipinski definition) is 2. The average Bonchev–Trinajstić information content (AvgIpc) is 2.19. The highest BCUT2D eigenvalue weighted by molar-refractivity contribution is 6.68. The molecule has 0 aliphatic heterocycles. The SMILES string of the molecule is CCN[Si](NCC)c1ccccc1. The molecule has 0 fully saturated rings. The first-order valence-electron chi connectivity index (χ1n) is 4.78. The largest absolute Gasteiger partial charge is 0.322 e. The van der Waals surface area contributed by atoms with Gasteiger partial charge in [0, 0.05) is 0 Å². The Balaban J connectivity index is 2.64. The van der Waals surface area contributed by atoms with Gasteiger partial charge in [0.05, 0.1) is 0 Å². The van der Waals surface area contributed by atoms with Gasteiger partial charge in [-0.05, 0) is 18.3 Å². The van der Waals surface area contributed by atoms with Crippen LogP contribution in [0.1, 0.15) is 13.8 Å². The molecule has 0 aromatic heterocycles. The summed E-state index contributed by atoms with van der Waals surface area (Å²) < 4.78 is 0. The first-order valence-corrected chi connectivity index (χ1v) is 6.28. The first-order chi connectivity index (χ1) is 6.38. The van der Waals surface area contributed by atoms with Crippen molar-refractivity contribution in [1.29, 1.82) is 0 Å². The summed E-state index contributed by atoms with van der Waals surface area (Å²) in [6.45, 7) is 6.34. The standard InChI is InChI=1S/C10H17N2Si/c1-3-11-13(12-4-2)10-8-6-5-7-9-10/h5-9,11-12H,3-4H2,1-2H3. The van der Waals surface area contributed by atoms with Crippen molar-refractivity contribution in [2.45, 2.75) is 13.8 Å². The topological polar surface area (TPSA) is 24.1 Å². The zero-order valence-electron chi connectivity index (χ0n) is 8.30. The summed E-state index contributed by atoms with van der Waals surface area (Å²) in [5.74, 6) is 0. The second-order valence-electron chi connectivity index (χ2n) is 2.80. The summed E-state index contributed by atoms with van der Waals surface area (Å²) in [4.78, 5) is 6.98. The molecule has 0 bridgehead atoms. The lowest BCUT2D eigenvalue weighted by atomic mass is 10.4. The Labute approximate surface area is 82.1 Å². The molecule has 0 aliphatic rings. The van der Waals surface area contributed by atoms with Gasteiger partial charge in [0.15, 0.2) is 0 Å². The molecule has 0 saturated heterocycles. The van der Waals surface area contributed by atoms with Crippen molar-refractivity contribution in [1.82, 2.24) is 9.96 Å². The van der Waals surface area contributed by atoms with E-state index in [-0.39, 0.29) is 0 Å².